The van der Waals surface area contributed by atoms with Crippen LogP contribution < -0.4 is 5.32 Å². The highest BCUT2D eigenvalue weighted by molar-refractivity contribution is 9.10. The van der Waals surface area contributed by atoms with Gasteiger partial charge in [-0.3, -0.25) is 4.79 Å². The Morgan fingerprint density at radius 2 is 1.80 bits per heavy atom. The van der Waals surface area contributed by atoms with E-state index in [2.05, 4.69) is 21.2 Å². The zero-order chi connectivity index (χ0) is 21.6. The molecule has 0 atom stereocenters. The molecule has 1 aromatic rings. The molecule has 1 heterocycles. The number of benzene rings is 1. The highest BCUT2D eigenvalue weighted by Gasteiger charge is 2.29. The molecule has 3 rings (SSSR count). The van der Waals surface area contributed by atoms with Crippen LogP contribution in [0.2, 0.25) is 0 Å². The Morgan fingerprint density at radius 1 is 1.13 bits per heavy atom. The van der Waals surface area contributed by atoms with Crippen LogP contribution in [-0.2, 0) is 24.3 Å². The first-order valence-corrected chi connectivity index (χ1v) is 12.4. The molecule has 166 valence electrons. The van der Waals surface area contributed by atoms with E-state index in [4.69, 9.17) is 9.47 Å². The number of nitrogens with zero attached hydrogens (tertiary/aromatic N) is 1. The van der Waals surface area contributed by atoms with Gasteiger partial charge in [0, 0.05) is 23.6 Å². The van der Waals surface area contributed by atoms with Gasteiger partial charge in [-0.15, -0.1) is 0 Å². The number of halogens is 1. The number of carbonyl (C=O) groups is 2. The van der Waals surface area contributed by atoms with E-state index in [1.165, 1.54) is 35.3 Å². The van der Waals surface area contributed by atoms with Crippen molar-refractivity contribution in [2.45, 2.75) is 49.5 Å². The van der Waals surface area contributed by atoms with Crippen LogP contribution >= 0.6 is 15.9 Å². The molecule has 30 heavy (non-hydrogen) atoms. The largest absolute Gasteiger partial charge is 0.452 e. The SMILES string of the molecule is O=C(COC(=O)c1ccc(Br)c(S(=O)(=O)N2CCOCC2)c1)NC1CCCCCC1. The van der Waals surface area contributed by atoms with Crippen molar-refractivity contribution in [1.29, 1.82) is 0 Å². The number of esters is 1. The zero-order valence-corrected chi connectivity index (χ0v) is 19.2. The first-order chi connectivity index (χ1) is 14.4. The zero-order valence-electron chi connectivity index (χ0n) is 16.8. The van der Waals surface area contributed by atoms with Crippen LogP contribution in [0.15, 0.2) is 27.6 Å². The van der Waals surface area contributed by atoms with Crippen LogP contribution in [0.1, 0.15) is 48.9 Å². The van der Waals surface area contributed by atoms with Crippen molar-refractivity contribution in [2.75, 3.05) is 32.9 Å². The number of rotatable bonds is 6. The maximum absolute atomic E-state index is 12.9. The average molecular weight is 503 g/mol. The molecule has 0 radical (unpaired) electrons. The van der Waals surface area contributed by atoms with E-state index in [1.807, 2.05) is 0 Å². The second-order valence-electron chi connectivity index (χ2n) is 7.49. The Morgan fingerprint density at radius 3 is 2.47 bits per heavy atom. The molecule has 2 aliphatic rings. The fraction of sp³-hybridized carbons (Fsp3) is 0.600. The first-order valence-electron chi connectivity index (χ1n) is 10.2. The van der Waals surface area contributed by atoms with Gasteiger partial charge in [0.25, 0.3) is 5.91 Å². The normalized spacial score (nSPS) is 19.1. The summed E-state index contributed by atoms with van der Waals surface area (Å²) in [6.45, 7) is 0.774. The number of morpholine rings is 1. The van der Waals surface area contributed by atoms with Crippen molar-refractivity contribution < 1.29 is 27.5 Å². The second kappa shape index (κ2) is 10.7. The Kier molecular flexibility index (Phi) is 8.27. The first kappa shape index (κ1) is 23.2. The van der Waals surface area contributed by atoms with Gasteiger partial charge in [0.2, 0.25) is 10.0 Å². The maximum atomic E-state index is 12.9. The molecule has 1 saturated carbocycles. The minimum Gasteiger partial charge on any atom is -0.452 e. The van der Waals surface area contributed by atoms with E-state index in [0.29, 0.717) is 17.7 Å². The summed E-state index contributed by atoms with van der Waals surface area (Å²) in [7, 11) is -3.78. The number of hydrogen-bond acceptors (Lipinski definition) is 6. The number of carbonyl (C=O) groups excluding carboxylic acids is 2. The van der Waals surface area contributed by atoms with Crippen molar-refractivity contribution in [2.24, 2.45) is 0 Å². The number of hydrogen-bond donors (Lipinski definition) is 1. The van der Waals surface area contributed by atoms with Gasteiger partial charge in [-0.1, -0.05) is 25.7 Å². The van der Waals surface area contributed by atoms with Crippen molar-refractivity contribution in [3.63, 3.8) is 0 Å². The molecule has 1 aliphatic heterocycles. The van der Waals surface area contributed by atoms with E-state index in [9.17, 15) is 18.0 Å². The molecule has 1 amide bonds. The molecule has 0 bridgehead atoms. The molecule has 0 spiro atoms. The van der Waals surface area contributed by atoms with Gasteiger partial charge in [0.15, 0.2) is 6.61 Å². The monoisotopic (exact) mass is 502 g/mol. The topological polar surface area (TPSA) is 102 Å². The second-order valence-corrected chi connectivity index (χ2v) is 10.3. The lowest BCUT2D eigenvalue weighted by Gasteiger charge is -2.26. The Hall–Kier alpha value is -1.49. The molecule has 8 nitrogen and oxygen atoms in total. The molecule has 1 aliphatic carbocycles. The number of sulfonamides is 1. The van der Waals surface area contributed by atoms with Crippen molar-refractivity contribution in [3.8, 4) is 0 Å². The highest BCUT2D eigenvalue weighted by atomic mass is 79.9. The van der Waals surface area contributed by atoms with Crippen molar-refractivity contribution >= 4 is 37.8 Å². The molecule has 1 saturated heterocycles. The molecule has 10 heteroatoms. The lowest BCUT2D eigenvalue weighted by molar-refractivity contribution is -0.125. The van der Waals surface area contributed by atoms with E-state index < -0.39 is 22.6 Å². The number of nitrogens with one attached hydrogen (secondary N) is 1. The molecule has 1 aromatic carbocycles. The van der Waals surface area contributed by atoms with Crippen LogP contribution in [0.4, 0.5) is 0 Å². The van der Waals surface area contributed by atoms with E-state index in [-0.39, 0.29) is 35.5 Å². The summed E-state index contributed by atoms with van der Waals surface area (Å²) >= 11 is 3.25. The summed E-state index contributed by atoms with van der Waals surface area (Å²) in [6.07, 6.45) is 6.42. The van der Waals surface area contributed by atoms with Crippen LogP contribution in [-0.4, -0.2) is 63.6 Å². The van der Waals surface area contributed by atoms with Gasteiger partial charge < -0.3 is 14.8 Å². The van der Waals surface area contributed by atoms with Gasteiger partial charge in [0.05, 0.1) is 23.7 Å². The molecule has 0 aromatic heterocycles. The third-order valence-electron chi connectivity index (χ3n) is 5.31. The van der Waals surface area contributed by atoms with Crippen molar-refractivity contribution in [1.82, 2.24) is 9.62 Å². The predicted molar refractivity (Wildman–Crippen MR) is 114 cm³/mol. The van der Waals surface area contributed by atoms with E-state index >= 15 is 0 Å². The smallest absolute Gasteiger partial charge is 0.338 e. The van der Waals surface area contributed by atoms with Gasteiger partial charge in [-0.25, -0.2) is 13.2 Å². The maximum Gasteiger partial charge on any atom is 0.338 e. The number of ether oxygens (including phenoxy) is 2. The lowest BCUT2D eigenvalue weighted by atomic mass is 10.1. The fourth-order valence-corrected chi connectivity index (χ4v) is 6.02. The van der Waals surface area contributed by atoms with Gasteiger partial charge in [-0.2, -0.15) is 4.31 Å². The summed E-state index contributed by atoms with van der Waals surface area (Å²) in [4.78, 5) is 24.5. The van der Waals surface area contributed by atoms with Crippen molar-refractivity contribution in [3.05, 3.63) is 28.2 Å². The molecular weight excluding hydrogens is 476 g/mol. The van der Waals surface area contributed by atoms with Gasteiger partial charge in [-0.05, 0) is 47.0 Å². The Balaban J connectivity index is 1.62. The van der Waals surface area contributed by atoms with E-state index in [0.717, 1.165) is 25.7 Å². The molecule has 1 N–H and O–H groups in total. The molecular formula is C20H27BrN2O6S. The van der Waals surface area contributed by atoms with Crippen LogP contribution in [0.5, 0.6) is 0 Å². The third kappa shape index (κ3) is 6.03. The standard InChI is InChI=1S/C20H27BrN2O6S/c21-17-8-7-15(13-18(17)30(26,27)23-9-11-28-12-10-23)20(25)29-14-19(24)22-16-5-3-1-2-4-6-16/h7-8,13,16H,1-6,9-12,14H2,(H,22,24). The molecule has 2 fully saturated rings. The predicted octanol–water partition coefficient (Wildman–Crippen LogP) is 2.47. The minimum atomic E-state index is -3.78. The van der Waals surface area contributed by atoms with Gasteiger partial charge >= 0.3 is 5.97 Å². The quantitative estimate of drug-likeness (QED) is 0.473. The minimum absolute atomic E-state index is 0.0123. The summed E-state index contributed by atoms with van der Waals surface area (Å²) in [5.41, 5.74) is 0.0762. The van der Waals surface area contributed by atoms with Crippen LogP contribution in [0.3, 0.4) is 0 Å². The summed E-state index contributed by atoms with van der Waals surface area (Å²) in [5, 5.41) is 2.92. The molecule has 0 unspecified atom stereocenters. The van der Waals surface area contributed by atoms with Gasteiger partial charge in [0.1, 0.15) is 0 Å². The van der Waals surface area contributed by atoms with Crippen LogP contribution in [0.25, 0.3) is 0 Å². The Bertz CT molecular complexity index is 862. The number of amides is 1. The summed E-state index contributed by atoms with van der Waals surface area (Å²) in [5.74, 6) is -1.08. The lowest BCUT2D eigenvalue weighted by Crippen LogP contribution is -2.40. The summed E-state index contributed by atoms with van der Waals surface area (Å²) < 4.78 is 37.9. The summed E-state index contributed by atoms with van der Waals surface area (Å²) in [6, 6.07) is 4.36. The Labute approximate surface area is 185 Å². The highest BCUT2D eigenvalue weighted by Crippen LogP contribution is 2.27. The third-order valence-corrected chi connectivity index (χ3v) is 8.20. The van der Waals surface area contributed by atoms with Crippen LogP contribution in [0, 0.1) is 0 Å². The van der Waals surface area contributed by atoms with E-state index in [1.54, 1.807) is 0 Å². The average Bonchev–Trinajstić information content (AvgIpc) is 3.01. The fourth-order valence-electron chi connectivity index (χ4n) is 3.66.